The Hall–Kier alpha value is -2.08. The van der Waals surface area contributed by atoms with Gasteiger partial charge in [0.1, 0.15) is 11.9 Å². The number of hydrogen-bond donors (Lipinski definition) is 2. The minimum absolute atomic E-state index is 0.132. The van der Waals surface area contributed by atoms with Crippen LogP contribution in [0.5, 0.6) is 5.75 Å². The van der Waals surface area contributed by atoms with Gasteiger partial charge in [-0.1, -0.05) is 31.0 Å². The summed E-state index contributed by atoms with van der Waals surface area (Å²) in [5.74, 6) is -0.372. The van der Waals surface area contributed by atoms with Crippen molar-refractivity contribution in [1.82, 2.24) is 5.32 Å². The smallest absolute Gasteiger partial charge is 0.332 e. The number of para-hydroxylation sites is 1. The molecule has 1 aliphatic heterocycles. The number of aliphatic carboxylic acids is 1. The largest absolute Gasteiger partial charge is 0.496 e. The van der Waals surface area contributed by atoms with Gasteiger partial charge in [-0.05, 0) is 31.7 Å². The second-order valence-corrected chi connectivity index (χ2v) is 6.93. The van der Waals surface area contributed by atoms with E-state index in [0.29, 0.717) is 19.4 Å². The molecule has 0 bridgehead atoms. The van der Waals surface area contributed by atoms with Crippen molar-refractivity contribution in [2.45, 2.75) is 56.1 Å². The molecule has 3 rings (SSSR count). The average molecular weight is 347 g/mol. The number of rotatable bonds is 6. The number of benzene rings is 1. The van der Waals surface area contributed by atoms with Gasteiger partial charge < -0.3 is 19.9 Å². The molecule has 136 valence electrons. The lowest BCUT2D eigenvalue weighted by Crippen LogP contribution is -2.43. The van der Waals surface area contributed by atoms with Crippen molar-refractivity contribution >= 4 is 11.9 Å². The van der Waals surface area contributed by atoms with Crippen LogP contribution in [-0.2, 0) is 19.7 Å². The van der Waals surface area contributed by atoms with Gasteiger partial charge in [-0.25, -0.2) is 4.79 Å². The number of carbonyl (C=O) groups is 2. The molecule has 1 heterocycles. The van der Waals surface area contributed by atoms with Crippen LogP contribution in [0.1, 0.15) is 44.1 Å². The summed E-state index contributed by atoms with van der Waals surface area (Å²) in [5.41, 5.74) is 0.999. The van der Waals surface area contributed by atoms with Crippen molar-refractivity contribution in [3.05, 3.63) is 29.8 Å². The van der Waals surface area contributed by atoms with Gasteiger partial charge in [0.25, 0.3) is 0 Å². The quantitative estimate of drug-likeness (QED) is 0.824. The first-order valence-corrected chi connectivity index (χ1v) is 8.85. The zero-order valence-electron chi connectivity index (χ0n) is 14.5. The number of nitrogens with one attached hydrogen (secondary N) is 1. The van der Waals surface area contributed by atoms with Crippen molar-refractivity contribution in [1.29, 1.82) is 0 Å². The minimum Gasteiger partial charge on any atom is -0.496 e. The van der Waals surface area contributed by atoms with Gasteiger partial charge in [-0.2, -0.15) is 0 Å². The molecule has 1 amide bonds. The molecule has 2 fully saturated rings. The van der Waals surface area contributed by atoms with E-state index < -0.39 is 18.2 Å². The predicted molar refractivity (Wildman–Crippen MR) is 91.7 cm³/mol. The Bertz CT molecular complexity index is 638. The number of ether oxygens (including phenoxy) is 2. The predicted octanol–water partition coefficient (Wildman–Crippen LogP) is 2.26. The second kappa shape index (κ2) is 7.44. The van der Waals surface area contributed by atoms with E-state index in [1.807, 2.05) is 18.2 Å². The van der Waals surface area contributed by atoms with E-state index in [0.717, 1.165) is 37.0 Å². The summed E-state index contributed by atoms with van der Waals surface area (Å²) in [7, 11) is 1.67. The second-order valence-electron chi connectivity index (χ2n) is 6.93. The molecule has 0 unspecified atom stereocenters. The maximum absolute atomic E-state index is 12.4. The Kier molecular flexibility index (Phi) is 5.27. The Morgan fingerprint density at radius 1 is 1.24 bits per heavy atom. The highest BCUT2D eigenvalue weighted by molar-refractivity contribution is 5.82. The Morgan fingerprint density at radius 3 is 2.56 bits per heavy atom. The molecule has 0 radical (unpaired) electrons. The van der Waals surface area contributed by atoms with E-state index >= 15 is 0 Å². The lowest BCUT2D eigenvalue weighted by molar-refractivity contribution is -0.151. The van der Waals surface area contributed by atoms with Crippen molar-refractivity contribution in [2.75, 3.05) is 13.7 Å². The van der Waals surface area contributed by atoms with Gasteiger partial charge in [-0.3, -0.25) is 4.79 Å². The first kappa shape index (κ1) is 17.7. The SMILES string of the molecule is COc1ccccc1C1(CNC(=O)[C@@H]2CC[C@H](C(=O)O)O2)CCCC1. The zero-order valence-corrected chi connectivity index (χ0v) is 14.5. The fourth-order valence-corrected chi connectivity index (χ4v) is 4.06. The molecule has 1 aromatic carbocycles. The molecule has 0 aromatic heterocycles. The maximum atomic E-state index is 12.4. The summed E-state index contributed by atoms with van der Waals surface area (Å²) in [4.78, 5) is 23.4. The standard InChI is InChI=1S/C19H25NO5/c1-24-14-7-3-2-6-13(14)19(10-4-5-11-19)12-20-17(21)15-8-9-16(25-15)18(22)23/h2-3,6-7,15-16H,4-5,8-12H2,1H3,(H,20,21)(H,22,23)/t15-,16+/m0/s1. The summed E-state index contributed by atoms with van der Waals surface area (Å²) >= 11 is 0. The van der Waals surface area contributed by atoms with Gasteiger partial charge in [0.2, 0.25) is 5.91 Å². The van der Waals surface area contributed by atoms with Crippen LogP contribution in [0.25, 0.3) is 0 Å². The lowest BCUT2D eigenvalue weighted by Gasteiger charge is -2.31. The van der Waals surface area contributed by atoms with E-state index in [1.165, 1.54) is 0 Å². The minimum atomic E-state index is -1.00. The number of carboxylic acids is 1. The van der Waals surface area contributed by atoms with Crippen LogP contribution >= 0.6 is 0 Å². The number of hydrogen-bond acceptors (Lipinski definition) is 4. The van der Waals surface area contributed by atoms with Crippen LogP contribution in [0, 0.1) is 0 Å². The maximum Gasteiger partial charge on any atom is 0.332 e. The molecule has 6 heteroatoms. The summed E-state index contributed by atoms with van der Waals surface area (Å²) in [6.45, 7) is 0.518. The normalized spacial score (nSPS) is 24.8. The van der Waals surface area contributed by atoms with E-state index in [4.69, 9.17) is 14.6 Å². The van der Waals surface area contributed by atoms with Crippen molar-refractivity contribution in [3.63, 3.8) is 0 Å². The van der Waals surface area contributed by atoms with Crippen LogP contribution in [0.4, 0.5) is 0 Å². The zero-order chi connectivity index (χ0) is 17.9. The van der Waals surface area contributed by atoms with Crippen LogP contribution in [0.15, 0.2) is 24.3 Å². The van der Waals surface area contributed by atoms with Crippen LogP contribution in [-0.4, -0.2) is 42.8 Å². The van der Waals surface area contributed by atoms with Gasteiger partial charge >= 0.3 is 5.97 Å². The molecule has 2 aliphatic rings. The van der Waals surface area contributed by atoms with E-state index in [2.05, 4.69) is 11.4 Å². The first-order valence-electron chi connectivity index (χ1n) is 8.85. The molecule has 2 atom stereocenters. The van der Waals surface area contributed by atoms with Crippen molar-refractivity contribution < 1.29 is 24.2 Å². The number of carboxylic acid groups (broad SMARTS) is 1. The third kappa shape index (κ3) is 3.63. The van der Waals surface area contributed by atoms with Gasteiger partial charge in [0.05, 0.1) is 7.11 Å². The molecule has 1 saturated carbocycles. The molecule has 2 N–H and O–H groups in total. The Labute approximate surface area is 147 Å². The van der Waals surface area contributed by atoms with Gasteiger partial charge in [0.15, 0.2) is 6.10 Å². The van der Waals surface area contributed by atoms with Crippen LogP contribution in [0.2, 0.25) is 0 Å². The molecular weight excluding hydrogens is 322 g/mol. The number of methoxy groups -OCH3 is 1. The molecule has 1 saturated heterocycles. The van der Waals surface area contributed by atoms with E-state index in [-0.39, 0.29) is 11.3 Å². The van der Waals surface area contributed by atoms with Crippen molar-refractivity contribution in [2.24, 2.45) is 0 Å². The molecule has 0 spiro atoms. The number of carbonyl (C=O) groups excluding carboxylic acids is 1. The average Bonchev–Trinajstić information content (AvgIpc) is 3.30. The molecule has 25 heavy (non-hydrogen) atoms. The van der Waals surface area contributed by atoms with Gasteiger partial charge in [-0.15, -0.1) is 0 Å². The summed E-state index contributed by atoms with van der Waals surface area (Å²) in [6.07, 6.45) is 3.52. The fourth-order valence-electron chi connectivity index (χ4n) is 4.06. The highest BCUT2D eigenvalue weighted by Gasteiger charge is 2.40. The van der Waals surface area contributed by atoms with Crippen molar-refractivity contribution in [3.8, 4) is 5.75 Å². The summed E-state index contributed by atoms with van der Waals surface area (Å²) in [5, 5.41) is 12.0. The lowest BCUT2D eigenvalue weighted by atomic mass is 9.78. The summed E-state index contributed by atoms with van der Waals surface area (Å²) < 4.78 is 10.9. The third-order valence-corrected chi connectivity index (χ3v) is 5.43. The van der Waals surface area contributed by atoms with Crippen LogP contribution < -0.4 is 10.1 Å². The fraction of sp³-hybridized carbons (Fsp3) is 0.579. The highest BCUT2D eigenvalue weighted by atomic mass is 16.5. The van der Waals surface area contributed by atoms with Gasteiger partial charge in [0, 0.05) is 17.5 Å². The van der Waals surface area contributed by atoms with E-state index in [1.54, 1.807) is 7.11 Å². The molecular formula is C19H25NO5. The summed E-state index contributed by atoms with van der Waals surface area (Å²) in [6, 6.07) is 7.97. The molecule has 6 nitrogen and oxygen atoms in total. The first-order chi connectivity index (χ1) is 12.1. The monoisotopic (exact) mass is 347 g/mol. The topological polar surface area (TPSA) is 84.9 Å². The van der Waals surface area contributed by atoms with Crippen LogP contribution in [0.3, 0.4) is 0 Å². The van der Waals surface area contributed by atoms with E-state index in [9.17, 15) is 9.59 Å². The molecule has 1 aliphatic carbocycles. The Morgan fingerprint density at radius 2 is 1.92 bits per heavy atom. The Balaban J connectivity index is 1.69. The third-order valence-electron chi connectivity index (χ3n) is 5.43. The highest BCUT2D eigenvalue weighted by Crippen LogP contribution is 2.44. The molecule has 1 aromatic rings. The number of amides is 1.